The van der Waals surface area contributed by atoms with E-state index in [1.807, 2.05) is 25.1 Å². The molecule has 0 unspecified atom stereocenters. The topological polar surface area (TPSA) is 92.0 Å². The molecule has 2 atom stereocenters. The number of carbonyl (C=O) groups excluding carboxylic acids is 1. The lowest BCUT2D eigenvalue weighted by Crippen LogP contribution is -2.48. The summed E-state index contributed by atoms with van der Waals surface area (Å²) >= 11 is 1.32. The lowest BCUT2D eigenvalue weighted by molar-refractivity contribution is -0.149. The van der Waals surface area contributed by atoms with Crippen LogP contribution in [0.4, 0.5) is 0 Å². The number of methoxy groups -OCH3 is 2. The first-order valence-electron chi connectivity index (χ1n) is 10.7. The highest BCUT2D eigenvalue weighted by molar-refractivity contribution is 8.03. The zero-order valence-corrected chi connectivity index (χ0v) is 19.6. The predicted octanol–water partition coefficient (Wildman–Crippen LogP) is 4.14. The van der Waals surface area contributed by atoms with Crippen LogP contribution >= 0.6 is 11.8 Å². The summed E-state index contributed by atoms with van der Waals surface area (Å²) in [5, 5.41) is 22.1. The van der Waals surface area contributed by atoms with Crippen LogP contribution in [-0.4, -0.2) is 42.5 Å². The Morgan fingerprint density at radius 2 is 1.94 bits per heavy atom. The fourth-order valence-corrected chi connectivity index (χ4v) is 5.57. The molecule has 0 aliphatic carbocycles. The summed E-state index contributed by atoms with van der Waals surface area (Å²) in [6.07, 6.45) is 0.945. The van der Waals surface area contributed by atoms with Gasteiger partial charge in [0, 0.05) is 17.9 Å². The highest BCUT2D eigenvalue weighted by Crippen LogP contribution is 2.52. The SMILES string of the molecule is CCCOc1ccc([C@H]2CC(=O)N3C(=C2C#N)SC[C@]3(O)c2ccc(OC)cc2)cc1OC. The maximum Gasteiger partial charge on any atom is 0.231 e. The fraction of sp³-hybridized carbons (Fsp3) is 0.360. The highest BCUT2D eigenvalue weighted by atomic mass is 32.2. The number of hydrogen-bond donors (Lipinski definition) is 1. The highest BCUT2D eigenvalue weighted by Gasteiger charge is 2.51. The van der Waals surface area contributed by atoms with Crippen molar-refractivity contribution in [2.75, 3.05) is 26.6 Å². The number of fused-ring (bicyclic) bond motifs is 1. The molecule has 2 heterocycles. The Bertz CT molecular complexity index is 1120. The lowest BCUT2D eigenvalue weighted by Gasteiger charge is -2.38. The first-order valence-corrected chi connectivity index (χ1v) is 11.7. The second-order valence-electron chi connectivity index (χ2n) is 7.91. The Morgan fingerprint density at radius 1 is 1.18 bits per heavy atom. The van der Waals surface area contributed by atoms with Gasteiger partial charge in [0.1, 0.15) is 5.75 Å². The minimum Gasteiger partial charge on any atom is -0.497 e. The van der Waals surface area contributed by atoms with E-state index in [-0.39, 0.29) is 18.1 Å². The van der Waals surface area contributed by atoms with Crippen LogP contribution in [0, 0.1) is 11.3 Å². The zero-order chi connectivity index (χ0) is 23.6. The minimum atomic E-state index is -1.52. The Hall–Kier alpha value is -3.15. The molecule has 1 N–H and O–H groups in total. The van der Waals surface area contributed by atoms with E-state index in [9.17, 15) is 15.2 Å². The van der Waals surface area contributed by atoms with Gasteiger partial charge in [-0.25, -0.2) is 0 Å². The number of benzene rings is 2. The Kier molecular flexibility index (Phi) is 6.54. The third-order valence-corrected chi connectivity index (χ3v) is 7.14. The molecule has 2 aromatic carbocycles. The third-order valence-electron chi connectivity index (χ3n) is 5.91. The number of nitriles is 1. The second kappa shape index (κ2) is 9.38. The number of rotatable bonds is 7. The number of hydrogen-bond acceptors (Lipinski definition) is 7. The van der Waals surface area contributed by atoms with Crippen molar-refractivity contribution in [3.63, 3.8) is 0 Å². The van der Waals surface area contributed by atoms with Crippen LogP contribution in [0.1, 0.15) is 36.8 Å². The average Bonchev–Trinajstić information content (AvgIpc) is 3.21. The standard InChI is InChI=1S/C25H26N2O5S/c1-4-11-32-21-10-5-16(12-22(21)31-3)19-13-23(28)27-24(20(19)14-26)33-15-25(27,29)17-6-8-18(30-2)9-7-17/h5-10,12,19,29H,4,11,13,15H2,1-3H3/t19-,25+/m1/s1. The first-order chi connectivity index (χ1) is 16.0. The molecular formula is C25H26N2O5S. The summed E-state index contributed by atoms with van der Waals surface area (Å²) in [7, 11) is 3.14. The summed E-state index contributed by atoms with van der Waals surface area (Å²) in [5.41, 5.74) is 0.321. The van der Waals surface area contributed by atoms with Gasteiger partial charge in [-0.1, -0.05) is 25.1 Å². The number of amides is 1. The van der Waals surface area contributed by atoms with Gasteiger partial charge in [-0.3, -0.25) is 9.69 Å². The van der Waals surface area contributed by atoms with Crippen molar-refractivity contribution in [1.82, 2.24) is 4.90 Å². The van der Waals surface area contributed by atoms with Gasteiger partial charge in [-0.15, -0.1) is 11.8 Å². The normalized spacial score (nSPS) is 22.1. The first kappa shape index (κ1) is 23.0. The van der Waals surface area contributed by atoms with Crippen molar-refractivity contribution in [2.24, 2.45) is 0 Å². The predicted molar refractivity (Wildman–Crippen MR) is 125 cm³/mol. The van der Waals surface area contributed by atoms with Crippen molar-refractivity contribution >= 4 is 17.7 Å². The molecule has 0 bridgehead atoms. The number of allylic oxidation sites excluding steroid dienone is 1. The molecule has 2 aliphatic heterocycles. The van der Waals surface area contributed by atoms with Gasteiger partial charge in [0.2, 0.25) is 5.91 Å². The van der Waals surface area contributed by atoms with Gasteiger partial charge in [0.25, 0.3) is 0 Å². The van der Waals surface area contributed by atoms with E-state index < -0.39 is 11.6 Å². The molecule has 0 radical (unpaired) electrons. The second-order valence-corrected chi connectivity index (χ2v) is 8.87. The van der Waals surface area contributed by atoms with Crippen molar-refractivity contribution < 1.29 is 24.1 Å². The summed E-state index contributed by atoms with van der Waals surface area (Å²) < 4.78 is 16.4. The molecule has 8 heteroatoms. The van der Waals surface area contributed by atoms with Gasteiger partial charge in [-0.2, -0.15) is 5.26 Å². The number of thioether (sulfide) groups is 1. The Labute approximate surface area is 197 Å². The third kappa shape index (κ3) is 4.03. The quantitative estimate of drug-likeness (QED) is 0.656. The van der Waals surface area contributed by atoms with Crippen LogP contribution in [0.3, 0.4) is 0 Å². The van der Waals surface area contributed by atoms with Crippen LogP contribution in [0.25, 0.3) is 0 Å². The maximum atomic E-state index is 13.3. The summed E-state index contributed by atoms with van der Waals surface area (Å²) in [6.45, 7) is 2.60. The van der Waals surface area contributed by atoms with E-state index in [2.05, 4.69) is 6.07 Å². The molecule has 2 aliphatic rings. The van der Waals surface area contributed by atoms with Gasteiger partial charge < -0.3 is 19.3 Å². The van der Waals surface area contributed by atoms with Crippen LogP contribution < -0.4 is 14.2 Å². The lowest BCUT2D eigenvalue weighted by atomic mass is 9.85. The van der Waals surface area contributed by atoms with E-state index in [0.29, 0.717) is 40.0 Å². The Morgan fingerprint density at radius 3 is 2.58 bits per heavy atom. The number of carbonyl (C=O) groups is 1. The molecule has 0 aromatic heterocycles. The van der Waals surface area contributed by atoms with E-state index >= 15 is 0 Å². The molecule has 1 amide bonds. The number of nitrogens with zero attached hydrogens (tertiary/aromatic N) is 2. The molecule has 33 heavy (non-hydrogen) atoms. The summed E-state index contributed by atoms with van der Waals surface area (Å²) in [5.74, 6) is 1.43. The molecule has 7 nitrogen and oxygen atoms in total. The average molecular weight is 467 g/mol. The van der Waals surface area contributed by atoms with E-state index in [4.69, 9.17) is 14.2 Å². The van der Waals surface area contributed by atoms with Crippen LogP contribution in [0.15, 0.2) is 53.1 Å². The van der Waals surface area contributed by atoms with Gasteiger partial charge in [0.05, 0.1) is 43.3 Å². The molecule has 0 saturated carbocycles. The van der Waals surface area contributed by atoms with Crippen molar-refractivity contribution in [1.29, 1.82) is 5.26 Å². The zero-order valence-electron chi connectivity index (χ0n) is 18.8. The largest absolute Gasteiger partial charge is 0.497 e. The number of aliphatic hydroxyl groups is 1. The molecular weight excluding hydrogens is 440 g/mol. The van der Waals surface area contributed by atoms with Gasteiger partial charge in [-0.05, 0) is 36.2 Å². The van der Waals surface area contributed by atoms with Crippen LogP contribution in [0.5, 0.6) is 17.2 Å². The van der Waals surface area contributed by atoms with E-state index in [1.165, 1.54) is 16.7 Å². The van der Waals surface area contributed by atoms with Crippen LogP contribution in [0.2, 0.25) is 0 Å². The Balaban J connectivity index is 1.72. The summed E-state index contributed by atoms with van der Waals surface area (Å²) in [6, 6.07) is 14.8. The van der Waals surface area contributed by atoms with Gasteiger partial charge >= 0.3 is 0 Å². The maximum absolute atomic E-state index is 13.3. The molecule has 1 saturated heterocycles. The minimum absolute atomic E-state index is 0.0732. The molecule has 1 fully saturated rings. The fourth-order valence-electron chi connectivity index (χ4n) is 4.21. The molecule has 0 spiro atoms. The van der Waals surface area contributed by atoms with Crippen LogP contribution in [-0.2, 0) is 10.5 Å². The monoisotopic (exact) mass is 466 g/mol. The van der Waals surface area contributed by atoms with E-state index in [1.54, 1.807) is 38.5 Å². The molecule has 2 aromatic rings. The van der Waals surface area contributed by atoms with Crippen molar-refractivity contribution in [2.45, 2.75) is 31.4 Å². The summed E-state index contributed by atoms with van der Waals surface area (Å²) in [4.78, 5) is 14.7. The smallest absolute Gasteiger partial charge is 0.231 e. The molecule has 4 rings (SSSR count). The van der Waals surface area contributed by atoms with Crippen molar-refractivity contribution in [3.8, 4) is 23.3 Å². The van der Waals surface area contributed by atoms with E-state index in [0.717, 1.165) is 12.0 Å². The number of ether oxygens (including phenoxy) is 3. The molecule has 172 valence electrons. The van der Waals surface area contributed by atoms with Crippen molar-refractivity contribution in [3.05, 3.63) is 64.2 Å². The van der Waals surface area contributed by atoms with Gasteiger partial charge in [0.15, 0.2) is 17.2 Å².